The van der Waals surface area contributed by atoms with Gasteiger partial charge in [0.1, 0.15) is 11.4 Å². The number of aromatic hydroxyl groups is 1. The molecular weight excluding hydrogens is 314 g/mol. The molecular formula is C20H27N3O2. The van der Waals surface area contributed by atoms with Crippen molar-refractivity contribution >= 4 is 17.4 Å². The van der Waals surface area contributed by atoms with E-state index in [9.17, 15) is 9.90 Å². The van der Waals surface area contributed by atoms with Crippen molar-refractivity contribution in [2.75, 3.05) is 23.8 Å². The summed E-state index contributed by atoms with van der Waals surface area (Å²) in [6.45, 7) is 3.43. The highest BCUT2D eigenvalue weighted by Crippen LogP contribution is 2.34. The summed E-state index contributed by atoms with van der Waals surface area (Å²) in [5, 5.41) is 15.8. The number of anilines is 2. The van der Waals surface area contributed by atoms with Gasteiger partial charge in [-0.25, -0.2) is 4.79 Å². The third-order valence-corrected chi connectivity index (χ3v) is 4.00. The summed E-state index contributed by atoms with van der Waals surface area (Å²) in [5.74, 6) is 0.0566. The van der Waals surface area contributed by atoms with Crippen LogP contribution in [0.4, 0.5) is 16.2 Å². The molecule has 0 radical (unpaired) electrons. The molecule has 0 heterocycles. The molecule has 3 N–H and O–H groups in total. The Kier molecular flexibility index (Phi) is 7.14. The summed E-state index contributed by atoms with van der Waals surface area (Å²) in [6.07, 6.45) is 3.14. The van der Waals surface area contributed by atoms with Crippen LogP contribution < -0.4 is 15.5 Å². The number of para-hydroxylation sites is 1. The Morgan fingerprint density at radius 2 is 1.84 bits per heavy atom. The van der Waals surface area contributed by atoms with Crippen LogP contribution in [0.5, 0.6) is 5.75 Å². The number of phenolic OH excluding ortho intramolecular Hbond substituents is 1. The fourth-order valence-corrected chi connectivity index (χ4v) is 2.65. The van der Waals surface area contributed by atoms with Crippen molar-refractivity contribution in [3.63, 3.8) is 0 Å². The minimum atomic E-state index is -0.299. The number of rotatable bonds is 8. The van der Waals surface area contributed by atoms with Gasteiger partial charge >= 0.3 is 6.03 Å². The topological polar surface area (TPSA) is 64.6 Å². The maximum Gasteiger partial charge on any atom is 0.319 e. The van der Waals surface area contributed by atoms with Crippen molar-refractivity contribution < 1.29 is 9.90 Å². The summed E-state index contributed by atoms with van der Waals surface area (Å²) < 4.78 is 0. The van der Waals surface area contributed by atoms with Gasteiger partial charge in [-0.3, -0.25) is 0 Å². The van der Waals surface area contributed by atoms with Crippen LogP contribution in [0.2, 0.25) is 0 Å². The number of benzene rings is 2. The average Bonchev–Trinajstić information content (AvgIpc) is 2.61. The lowest BCUT2D eigenvalue weighted by Crippen LogP contribution is -2.30. The van der Waals surface area contributed by atoms with Crippen LogP contribution >= 0.6 is 0 Å². The molecule has 0 fully saturated rings. The number of hydrogen-bond acceptors (Lipinski definition) is 3. The van der Waals surface area contributed by atoms with Gasteiger partial charge in [-0.15, -0.1) is 0 Å². The number of carbonyl (C=O) groups is 1. The zero-order valence-corrected chi connectivity index (χ0v) is 15.0. The normalized spacial score (nSPS) is 10.3. The first-order chi connectivity index (χ1) is 12.1. The molecule has 0 unspecified atom stereocenters. The largest absolute Gasteiger partial charge is 0.506 e. The van der Waals surface area contributed by atoms with E-state index in [1.807, 2.05) is 48.3 Å². The summed E-state index contributed by atoms with van der Waals surface area (Å²) in [7, 11) is 1.94. The Bertz CT molecular complexity index is 674. The van der Waals surface area contributed by atoms with Gasteiger partial charge in [-0.2, -0.15) is 0 Å². The van der Waals surface area contributed by atoms with E-state index in [1.165, 1.54) is 0 Å². The molecule has 0 saturated heterocycles. The summed E-state index contributed by atoms with van der Waals surface area (Å²) in [6, 6.07) is 15.0. The number of nitrogens with one attached hydrogen (secondary N) is 2. The Labute approximate surface area is 149 Å². The first-order valence-corrected chi connectivity index (χ1v) is 8.73. The zero-order chi connectivity index (χ0) is 18.1. The minimum absolute atomic E-state index is 0.0566. The van der Waals surface area contributed by atoms with E-state index in [2.05, 4.69) is 17.6 Å². The number of nitrogens with zero attached hydrogens (tertiary/aromatic N) is 1. The number of unbranched alkanes of at least 4 members (excludes halogenated alkanes) is 2. The molecule has 0 aliphatic heterocycles. The smallest absolute Gasteiger partial charge is 0.319 e. The molecule has 5 heteroatoms. The standard InChI is InChI=1S/C20H27N3O2/c1-3-4-8-14-21-20(25)22-19-17(12-9-13-18(19)24)23(2)15-16-10-6-5-7-11-16/h5-7,9-13,24H,3-4,8,14-15H2,1-2H3,(H2,21,22,25). The average molecular weight is 341 g/mol. The lowest BCUT2D eigenvalue weighted by atomic mass is 10.2. The number of phenols is 1. The lowest BCUT2D eigenvalue weighted by molar-refractivity contribution is 0.251. The number of carbonyl (C=O) groups excluding carboxylic acids is 1. The molecule has 5 nitrogen and oxygen atoms in total. The van der Waals surface area contributed by atoms with Crippen LogP contribution in [0.15, 0.2) is 48.5 Å². The van der Waals surface area contributed by atoms with Crippen molar-refractivity contribution in [2.45, 2.75) is 32.7 Å². The van der Waals surface area contributed by atoms with Crippen LogP contribution in [-0.2, 0) is 6.54 Å². The lowest BCUT2D eigenvalue weighted by Gasteiger charge is -2.23. The second-order valence-electron chi connectivity index (χ2n) is 6.10. The van der Waals surface area contributed by atoms with Crippen LogP contribution in [0.3, 0.4) is 0 Å². The molecule has 0 spiro atoms. The molecule has 0 atom stereocenters. The number of amides is 2. The second kappa shape index (κ2) is 9.57. The van der Waals surface area contributed by atoms with E-state index in [0.29, 0.717) is 18.8 Å². The van der Waals surface area contributed by atoms with Gasteiger partial charge < -0.3 is 20.6 Å². The van der Waals surface area contributed by atoms with Crippen molar-refractivity contribution in [3.8, 4) is 5.75 Å². The molecule has 134 valence electrons. The van der Waals surface area contributed by atoms with Gasteiger partial charge in [0, 0.05) is 20.1 Å². The Balaban J connectivity index is 2.06. The molecule has 2 aromatic rings. The number of hydrogen-bond donors (Lipinski definition) is 3. The van der Waals surface area contributed by atoms with Crippen molar-refractivity contribution in [1.82, 2.24) is 5.32 Å². The number of urea groups is 1. The van der Waals surface area contributed by atoms with Crippen molar-refractivity contribution in [2.24, 2.45) is 0 Å². The van der Waals surface area contributed by atoms with Crippen LogP contribution in [0.1, 0.15) is 31.7 Å². The van der Waals surface area contributed by atoms with Crippen LogP contribution in [0, 0.1) is 0 Å². The van der Waals surface area contributed by atoms with Gasteiger partial charge in [0.25, 0.3) is 0 Å². The third kappa shape index (κ3) is 5.71. The van der Waals surface area contributed by atoms with Gasteiger partial charge in [0.2, 0.25) is 0 Å². The first-order valence-electron chi connectivity index (χ1n) is 8.73. The summed E-state index contributed by atoms with van der Waals surface area (Å²) in [4.78, 5) is 14.1. The monoisotopic (exact) mass is 341 g/mol. The van der Waals surface area contributed by atoms with E-state index < -0.39 is 0 Å². The maximum absolute atomic E-state index is 12.1. The van der Waals surface area contributed by atoms with Crippen molar-refractivity contribution in [3.05, 3.63) is 54.1 Å². The van der Waals surface area contributed by atoms with Crippen molar-refractivity contribution in [1.29, 1.82) is 0 Å². The third-order valence-electron chi connectivity index (χ3n) is 4.00. The summed E-state index contributed by atoms with van der Waals surface area (Å²) in [5.41, 5.74) is 2.35. The van der Waals surface area contributed by atoms with Crippen LogP contribution in [-0.4, -0.2) is 24.7 Å². The molecule has 2 amide bonds. The van der Waals surface area contributed by atoms with E-state index in [-0.39, 0.29) is 11.8 Å². The predicted octanol–water partition coefficient (Wildman–Crippen LogP) is 4.34. The Morgan fingerprint density at radius 1 is 1.08 bits per heavy atom. The zero-order valence-electron chi connectivity index (χ0n) is 15.0. The molecule has 0 bridgehead atoms. The van der Waals surface area contributed by atoms with Crippen LogP contribution in [0.25, 0.3) is 0 Å². The molecule has 2 rings (SSSR count). The molecule has 0 aliphatic rings. The van der Waals surface area contributed by atoms with Gasteiger partial charge in [-0.1, -0.05) is 56.2 Å². The molecule has 25 heavy (non-hydrogen) atoms. The Morgan fingerprint density at radius 3 is 2.56 bits per heavy atom. The maximum atomic E-state index is 12.1. The van der Waals surface area contributed by atoms with E-state index in [1.54, 1.807) is 12.1 Å². The first kappa shape index (κ1) is 18.6. The highest BCUT2D eigenvalue weighted by molar-refractivity contribution is 5.95. The Hall–Kier alpha value is -2.69. The molecule has 0 aliphatic carbocycles. The highest BCUT2D eigenvalue weighted by Gasteiger charge is 2.14. The second-order valence-corrected chi connectivity index (χ2v) is 6.10. The van der Waals surface area contributed by atoms with Gasteiger partial charge in [-0.05, 0) is 24.1 Å². The van der Waals surface area contributed by atoms with E-state index >= 15 is 0 Å². The molecule has 2 aromatic carbocycles. The molecule has 0 aromatic heterocycles. The minimum Gasteiger partial charge on any atom is -0.506 e. The fraction of sp³-hybridized carbons (Fsp3) is 0.350. The van der Waals surface area contributed by atoms with Gasteiger partial charge in [0.15, 0.2) is 0 Å². The SMILES string of the molecule is CCCCCNC(=O)Nc1c(O)cccc1N(C)Cc1ccccc1. The molecule has 0 saturated carbocycles. The van der Waals surface area contributed by atoms with Gasteiger partial charge in [0.05, 0.1) is 5.69 Å². The van der Waals surface area contributed by atoms with E-state index in [4.69, 9.17) is 0 Å². The predicted molar refractivity (Wildman–Crippen MR) is 103 cm³/mol. The summed E-state index contributed by atoms with van der Waals surface area (Å²) >= 11 is 0. The highest BCUT2D eigenvalue weighted by atomic mass is 16.3. The quantitative estimate of drug-likeness (QED) is 0.494. The fourth-order valence-electron chi connectivity index (χ4n) is 2.65. The van der Waals surface area contributed by atoms with E-state index in [0.717, 1.165) is 30.5 Å².